The number of aliphatic carboxylic acids is 1. The molecule has 0 aromatic carbocycles. The summed E-state index contributed by atoms with van der Waals surface area (Å²) in [6.45, 7) is 9.48. The molecule has 0 radical (unpaired) electrons. The summed E-state index contributed by atoms with van der Waals surface area (Å²) in [5.74, 6) is 0.896. The van der Waals surface area contributed by atoms with E-state index in [0.29, 0.717) is 24.2 Å². The van der Waals surface area contributed by atoms with Crippen LogP contribution in [0.2, 0.25) is 0 Å². The molecule has 3 saturated carbocycles. The maximum absolute atomic E-state index is 12.2. The Hall–Kier alpha value is -1.32. The lowest BCUT2D eigenvalue weighted by Gasteiger charge is -2.67. The molecular formula is C23H34O4. The van der Waals surface area contributed by atoms with Crippen LogP contribution in [-0.4, -0.2) is 23.7 Å². The van der Waals surface area contributed by atoms with Gasteiger partial charge in [-0.1, -0.05) is 38.8 Å². The molecule has 7 atom stereocenters. The largest absolute Gasteiger partial charge is 0.481 e. The molecule has 5 aliphatic rings. The third-order valence-electron chi connectivity index (χ3n) is 9.15. The first-order chi connectivity index (χ1) is 12.7. The van der Waals surface area contributed by atoms with Crippen molar-refractivity contribution in [2.24, 2.45) is 39.9 Å². The summed E-state index contributed by atoms with van der Waals surface area (Å²) in [6.07, 6.45) is 9.44. The monoisotopic (exact) mass is 374 g/mol. The van der Waals surface area contributed by atoms with Crippen LogP contribution in [0.15, 0.2) is 11.6 Å². The predicted octanol–water partition coefficient (Wildman–Crippen LogP) is 4.83. The van der Waals surface area contributed by atoms with E-state index in [1.807, 2.05) is 6.92 Å². The number of hydrogen-bond acceptors (Lipinski definition) is 3. The zero-order chi connectivity index (χ0) is 19.6. The fourth-order valence-corrected chi connectivity index (χ4v) is 7.98. The Labute approximate surface area is 162 Å². The molecule has 27 heavy (non-hydrogen) atoms. The van der Waals surface area contributed by atoms with E-state index in [1.165, 1.54) is 5.57 Å². The molecule has 5 rings (SSSR count). The van der Waals surface area contributed by atoms with E-state index in [9.17, 15) is 14.7 Å². The molecule has 0 aliphatic heterocycles. The van der Waals surface area contributed by atoms with Crippen LogP contribution in [0, 0.1) is 39.9 Å². The van der Waals surface area contributed by atoms with Gasteiger partial charge in [-0.05, 0) is 74.0 Å². The molecule has 3 fully saturated rings. The molecule has 4 nitrogen and oxygen atoms in total. The summed E-state index contributed by atoms with van der Waals surface area (Å²) >= 11 is 0. The minimum atomic E-state index is -0.615. The topological polar surface area (TPSA) is 63.6 Å². The minimum Gasteiger partial charge on any atom is -0.481 e. The number of hydrogen-bond donors (Lipinski definition) is 1. The van der Waals surface area contributed by atoms with Crippen LogP contribution in [-0.2, 0) is 14.3 Å². The van der Waals surface area contributed by atoms with Crippen LogP contribution in [0.5, 0.6) is 0 Å². The lowest BCUT2D eigenvalue weighted by molar-refractivity contribution is -0.192. The Kier molecular flexibility index (Phi) is 4.29. The first kappa shape index (κ1) is 19.0. The zero-order valence-electron chi connectivity index (χ0n) is 17.2. The highest BCUT2D eigenvalue weighted by molar-refractivity contribution is 5.75. The highest BCUT2D eigenvalue weighted by Gasteiger charge is 2.66. The van der Waals surface area contributed by atoms with Gasteiger partial charge in [0.15, 0.2) is 0 Å². The Morgan fingerprint density at radius 1 is 1.26 bits per heavy atom. The van der Waals surface area contributed by atoms with Gasteiger partial charge in [0.2, 0.25) is 0 Å². The van der Waals surface area contributed by atoms with Crippen molar-refractivity contribution in [2.75, 3.05) is 0 Å². The summed E-state index contributed by atoms with van der Waals surface area (Å²) in [5, 5.41) is 10.0. The molecule has 150 valence electrons. The maximum Gasteiger partial charge on any atom is 0.309 e. The van der Waals surface area contributed by atoms with Gasteiger partial charge in [0.05, 0.1) is 5.41 Å². The molecule has 5 aliphatic carbocycles. The summed E-state index contributed by atoms with van der Waals surface area (Å²) in [4.78, 5) is 23.3. The Morgan fingerprint density at radius 3 is 2.63 bits per heavy atom. The van der Waals surface area contributed by atoms with Crippen molar-refractivity contribution >= 4 is 12.4 Å². The quantitative estimate of drug-likeness (QED) is 0.565. The van der Waals surface area contributed by atoms with Crippen LogP contribution < -0.4 is 0 Å². The molecule has 7 unspecified atom stereocenters. The third kappa shape index (κ3) is 2.47. The lowest BCUT2D eigenvalue weighted by Crippen LogP contribution is -2.62. The van der Waals surface area contributed by atoms with Crippen molar-refractivity contribution < 1.29 is 19.4 Å². The minimum absolute atomic E-state index is 0.00394. The molecule has 1 N–H and O–H groups in total. The summed E-state index contributed by atoms with van der Waals surface area (Å²) in [5.41, 5.74) is 0.995. The lowest BCUT2D eigenvalue weighted by atomic mass is 9.37. The number of fused-ring (bicyclic) bond motifs is 2. The molecule has 0 saturated heterocycles. The van der Waals surface area contributed by atoms with Gasteiger partial charge in [-0.2, -0.15) is 0 Å². The van der Waals surface area contributed by atoms with Gasteiger partial charge >= 0.3 is 5.97 Å². The third-order valence-corrected chi connectivity index (χ3v) is 9.15. The zero-order valence-corrected chi connectivity index (χ0v) is 17.2. The van der Waals surface area contributed by atoms with Crippen molar-refractivity contribution in [3.63, 3.8) is 0 Å². The van der Waals surface area contributed by atoms with Crippen molar-refractivity contribution in [2.45, 2.75) is 78.7 Å². The van der Waals surface area contributed by atoms with Gasteiger partial charge in [-0.15, -0.1) is 0 Å². The number of carbonyl (C=O) groups excluding carboxylic acids is 1. The predicted molar refractivity (Wildman–Crippen MR) is 103 cm³/mol. The van der Waals surface area contributed by atoms with Crippen LogP contribution in [0.4, 0.5) is 0 Å². The number of ether oxygens (including phenoxy) is 1. The first-order valence-electron chi connectivity index (χ1n) is 10.7. The summed E-state index contributed by atoms with van der Waals surface area (Å²) in [6, 6.07) is 0. The number of carbonyl (C=O) groups is 2. The number of allylic oxidation sites excluding steroid dienone is 1. The van der Waals surface area contributed by atoms with Crippen molar-refractivity contribution in [1.82, 2.24) is 0 Å². The summed E-state index contributed by atoms with van der Waals surface area (Å²) < 4.78 is 5.57. The standard InChI is InChI=1S/C23H34O4/c1-14(2)16-11-23-9-6-18-21(3,7-5-8-22(18,4)20(25)26)19(23)10-15(16)17(12-23)27-13-24/h11,13-15,17-19H,5-10,12H2,1-4H3,(H,25,26). The van der Waals surface area contributed by atoms with Crippen molar-refractivity contribution in [1.29, 1.82) is 0 Å². The van der Waals surface area contributed by atoms with Gasteiger partial charge in [0.25, 0.3) is 6.47 Å². The molecule has 0 aromatic rings. The number of rotatable bonds is 4. The second-order valence-electron chi connectivity index (χ2n) is 10.6. The van der Waals surface area contributed by atoms with Crippen LogP contribution >= 0.6 is 0 Å². The van der Waals surface area contributed by atoms with E-state index >= 15 is 0 Å². The van der Waals surface area contributed by atoms with Gasteiger partial charge in [-0.25, -0.2) is 0 Å². The Bertz CT molecular complexity index is 682. The Balaban J connectivity index is 1.76. The van der Waals surface area contributed by atoms with E-state index in [1.54, 1.807) is 0 Å². The first-order valence-corrected chi connectivity index (χ1v) is 10.7. The fraction of sp³-hybridized carbons (Fsp3) is 0.826. The van der Waals surface area contributed by atoms with Gasteiger partial charge in [0.1, 0.15) is 6.10 Å². The summed E-state index contributed by atoms with van der Waals surface area (Å²) in [7, 11) is 0. The second-order valence-corrected chi connectivity index (χ2v) is 10.6. The number of carboxylic acids is 1. The van der Waals surface area contributed by atoms with E-state index in [0.717, 1.165) is 44.9 Å². The smallest absolute Gasteiger partial charge is 0.309 e. The fourth-order valence-electron chi connectivity index (χ4n) is 7.98. The number of carboxylic acid groups (broad SMARTS) is 1. The SMILES string of the molecule is CC(C)C1=CC23CCC4C(C)(C(=O)O)CCCC4(C)C2CC1C(OC=O)C3. The molecule has 1 spiro atoms. The van der Waals surface area contributed by atoms with E-state index in [2.05, 4.69) is 26.8 Å². The maximum atomic E-state index is 12.2. The van der Waals surface area contributed by atoms with Crippen LogP contribution in [0.3, 0.4) is 0 Å². The van der Waals surface area contributed by atoms with E-state index in [-0.39, 0.29) is 22.9 Å². The van der Waals surface area contributed by atoms with Gasteiger partial charge < -0.3 is 9.84 Å². The second kappa shape index (κ2) is 6.09. The average Bonchev–Trinajstić information content (AvgIpc) is 2.61. The van der Waals surface area contributed by atoms with Crippen molar-refractivity contribution in [3.8, 4) is 0 Å². The van der Waals surface area contributed by atoms with E-state index in [4.69, 9.17) is 4.74 Å². The molecular weight excluding hydrogens is 340 g/mol. The average molecular weight is 375 g/mol. The van der Waals surface area contributed by atoms with Crippen LogP contribution in [0.25, 0.3) is 0 Å². The van der Waals surface area contributed by atoms with E-state index < -0.39 is 11.4 Å². The van der Waals surface area contributed by atoms with Crippen molar-refractivity contribution in [3.05, 3.63) is 11.6 Å². The van der Waals surface area contributed by atoms with Gasteiger partial charge in [-0.3, -0.25) is 9.59 Å². The molecule has 0 amide bonds. The van der Waals surface area contributed by atoms with Crippen LogP contribution in [0.1, 0.15) is 72.6 Å². The molecule has 4 heteroatoms. The molecule has 0 aromatic heterocycles. The normalized spacial score (nSPS) is 48.4. The Morgan fingerprint density at radius 2 is 2.00 bits per heavy atom. The highest BCUT2D eigenvalue weighted by atomic mass is 16.5. The molecule has 2 bridgehead atoms. The van der Waals surface area contributed by atoms with Gasteiger partial charge in [0, 0.05) is 5.92 Å². The highest BCUT2D eigenvalue weighted by Crippen LogP contribution is 2.71. The molecule has 0 heterocycles.